The first kappa shape index (κ1) is 26.2. The number of anilines is 3. The molecule has 9 nitrogen and oxygen atoms in total. The monoisotopic (exact) mass is 481 g/mol. The van der Waals surface area contributed by atoms with E-state index in [2.05, 4.69) is 15.5 Å². The molecule has 0 unspecified atom stereocenters. The van der Waals surface area contributed by atoms with Crippen molar-refractivity contribution in [1.82, 2.24) is 9.80 Å². The van der Waals surface area contributed by atoms with Crippen molar-refractivity contribution in [2.75, 3.05) is 75.1 Å². The highest BCUT2D eigenvalue weighted by molar-refractivity contribution is 5.98. The minimum atomic E-state index is -0.261. The van der Waals surface area contributed by atoms with Crippen LogP contribution in [0.3, 0.4) is 0 Å². The molecule has 0 saturated carbocycles. The maximum absolute atomic E-state index is 12.5. The van der Waals surface area contributed by atoms with Crippen LogP contribution in [0, 0.1) is 0 Å². The molecule has 35 heavy (non-hydrogen) atoms. The third-order valence-corrected chi connectivity index (χ3v) is 5.80. The largest absolute Gasteiger partial charge is 0.378 e. The third-order valence-electron chi connectivity index (χ3n) is 5.80. The lowest BCUT2D eigenvalue weighted by Gasteiger charge is -2.28. The SMILES string of the molecule is CCN(CC)C(=O)c1cccc(NC(=O)CN(C)CC(=O)Nc2ccc(N3CCOCC3)cc2)c1. The van der Waals surface area contributed by atoms with Gasteiger partial charge in [0.25, 0.3) is 5.91 Å². The molecule has 0 aliphatic carbocycles. The van der Waals surface area contributed by atoms with Crippen molar-refractivity contribution in [3.05, 3.63) is 54.1 Å². The summed E-state index contributed by atoms with van der Waals surface area (Å²) in [7, 11) is 1.71. The zero-order valence-electron chi connectivity index (χ0n) is 20.8. The van der Waals surface area contributed by atoms with Crippen molar-refractivity contribution in [2.24, 2.45) is 0 Å². The number of rotatable bonds is 10. The smallest absolute Gasteiger partial charge is 0.253 e. The number of hydrogen-bond donors (Lipinski definition) is 2. The second-order valence-corrected chi connectivity index (χ2v) is 8.47. The van der Waals surface area contributed by atoms with Crippen molar-refractivity contribution in [3.63, 3.8) is 0 Å². The number of hydrogen-bond acceptors (Lipinski definition) is 6. The molecule has 0 atom stereocenters. The number of carbonyl (C=O) groups excluding carboxylic acids is 3. The van der Waals surface area contributed by atoms with Gasteiger partial charge in [-0.3, -0.25) is 19.3 Å². The third kappa shape index (κ3) is 7.80. The molecule has 3 amide bonds. The molecule has 1 aliphatic heterocycles. The summed E-state index contributed by atoms with van der Waals surface area (Å²) in [5.74, 6) is -0.535. The van der Waals surface area contributed by atoms with E-state index in [0.717, 1.165) is 32.0 Å². The van der Waals surface area contributed by atoms with Gasteiger partial charge in [-0.15, -0.1) is 0 Å². The Hall–Kier alpha value is -3.43. The van der Waals surface area contributed by atoms with Crippen LogP contribution in [0.2, 0.25) is 0 Å². The molecule has 2 aromatic carbocycles. The van der Waals surface area contributed by atoms with Crippen LogP contribution in [-0.2, 0) is 14.3 Å². The van der Waals surface area contributed by atoms with Gasteiger partial charge in [-0.05, 0) is 63.4 Å². The van der Waals surface area contributed by atoms with Gasteiger partial charge in [-0.2, -0.15) is 0 Å². The van der Waals surface area contributed by atoms with Crippen molar-refractivity contribution >= 4 is 34.8 Å². The van der Waals surface area contributed by atoms with Crippen molar-refractivity contribution in [3.8, 4) is 0 Å². The molecular formula is C26H35N5O4. The predicted molar refractivity (Wildman–Crippen MR) is 138 cm³/mol. The summed E-state index contributed by atoms with van der Waals surface area (Å²) >= 11 is 0. The normalized spacial score (nSPS) is 13.4. The van der Waals surface area contributed by atoms with E-state index in [-0.39, 0.29) is 30.8 Å². The molecular weight excluding hydrogens is 446 g/mol. The van der Waals surface area contributed by atoms with E-state index in [1.807, 2.05) is 38.1 Å². The summed E-state index contributed by atoms with van der Waals surface area (Å²) in [4.78, 5) is 43.1. The molecule has 1 fully saturated rings. The Morgan fingerprint density at radius 3 is 2.09 bits per heavy atom. The fourth-order valence-corrected chi connectivity index (χ4v) is 3.95. The van der Waals surface area contributed by atoms with E-state index in [9.17, 15) is 14.4 Å². The highest BCUT2D eigenvalue weighted by Gasteiger charge is 2.15. The van der Waals surface area contributed by atoms with Crippen LogP contribution >= 0.6 is 0 Å². The maximum Gasteiger partial charge on any atom is 0.253 e. The number of nitrogens with one attached hydrogen (secondary N) is 2. The fraction of sp³-hybridized carbons (Fsp3) is 0.423. The second-order valence-electron chi connectivity index (χ2n) is 8.47. The van der Waals surface area contributed by atoms with Gasteiger partial charge in [0.15, 0.2) is 0 Å². The lowest BCUT2D eigenvalue weighted by atomic mass is 10.1. The lowest BCUT2D eigenvalue weighted by Crippen LogP contribution is -2.36. The second kappa shape index (κ2) is 12.9. The quantitative estimate of drug-likeness (QED) is 0.542. The molecule has 1 heterocycles. The van der Waals surface area contributed by atoms with Gasteiger partial charge in [-0.25, -0.2) is 0 Å². The van der Waals surface area contributed by atoms with E-state index in [1.54, 1.807) is 41.1 Å². The summed E-state index contributed by atoms with van der Waals surface area (Å²) in [6.45, 7) is 8.37. The minimum absolute atomic E-state index is 0.0393. The first-order valence-corrected chi connectivity index (χ1v) is 12.0. The number of amides is 3. The average Bonchev–Trinajstić information content (AvgIpc) is 2.85. The van der Waals surface area contributed by atoms with Gasteiger partial charge in [0.1, 0.15) is 0 Å². The summed E-state index contributed by atoms with van der Waals surface area (Å²) in [6, 6.07) is 14.6. The molecule has 2 N–H and O–H groups in total. The van der Waals surface area contributed by atoms with Crippen LogP contribution in [0.1, 0.15) is 24.2 Å². The summed E-state index contributed by atoms with van der Waals surface area (Å²) in [6.07, 6.45) is 0. The number of likely N-dealkylation sites (N-methyl/N-ethyl adjacent to an activating group) is 1. The van der Waals surface area contributed by atoms with Crippen LogP contribution in [0.25, 0.3) is 0 Å². The number of ether oxygens (including phenoxy) is 1. The van der Waals surface area contributed by atoms with Crippen molar-refractivity contribution in [1.29, 1.82) is 0 Å². The number of benzene rings is 2. The van der Waals surface area contributed by atoms with Gasteiger partial charge in [0.2, 0.25) is 11.8 Å². The summed E-state index contributed by atoms with van der Waals surface area (Å²) in [5, 5.41) is 5.68. The number of nitrogens with zero attached hydrogens (tertiary/aromatic N) is 3. The van der Waals surface area contributed by atoms with Crippen molar-refractivity contribution in [2.45, 2.75) is 13.8 Å². The van der Waals surface area contributed by atoms with Crippen LogP contribution in [0.4, 0.5) is 17.1 Å². The van der Waals surface area contributed by atoms with E-state index in [4.69, 9.17) is 4.74 Å². The Balaban J connectivity index is 1.46. The highest BCUT2D eigenvalue weighted by Crippen LogP contribution is 2.19. The van der Waals surface area contributed by atoms with E-state index >= 15 is 0 Å². The molecule has 3 rings (SSSR count). The Labute approximate surface area is 207 Å². The van der Waals surface area contributed by atoms with Gasteiger partial charge >= 0.3 is 0 Å². The average molecular weight is 482 g/mol. The first-order chi connectivity index (χ1) is 16.9. The van der Waals surface area contributed by atoms with Gasteiger partial charge < -0.3 is 25.2 Å². The standard InChI is InChI=1S/C26H35N5O4/c1-4-30(5-2)26(34)20-7-6-8-22(17-20)28-25(33)19-29(3)18-24(32)27-21-9-11-23(12-10-21)31-13-15-35-16-14-31/h6-12,17H,4-5,13-16,18-19H2,1-3H3,(H,27,32)(H,28,33). The van der Waals surface area contributed by atoms with Crippen molar-refractivity contribution < 1.29 is 19.1 Å². The zero-order valence-corrected chi connectivity index (χ0v) is 20.8. The zero-order chi connectivity index (χ0) is 25.2. The predicted octanol–water partition coefficient (Wildman–Crippen LogP) is 2.51. The highest BCUT2D eigenvalue weighted by atomic mass is 16.5. The number of morpholine rings is 1. The number of carbonyl (C=O) groups is 3. The molecule has 0 aromatic heterocycles. The van der Waals surface area contributed by atoms with E-state index in [0.29, 0.717) is 30.0 Å². The van der Waals surface area contributed by atoms with Gasteiger partial charge in [-0.1, -0.05) is 6.07 Å². The topological polar surface area (TPSA) is 94.2 Å². The van der Waals surface area contributed by atoms with Crippen LogP contribution in [-0.4, -0.2) is 87.1 Å². The Morgan fingerprint density at radius 2 is 1.49 bits per heavy atom. The summed E-state index contributed by atoms with van der Waals surface area (Å²) < 4.78 is 5.38. The molecule has 188 valence electrons. The first-order valence-electron chi connectivity index (χ1n) is 12.0. The molecule has 0 spiro atoms. The van der Waals surface area contributed by atoms with Crippen LogP contribution in [0.15, 0.2) is 48.5 Å². The Kier molecular flexibility index (Phi) is 9.63. The van der Waals surface area contributed by atoms with Gasteiger partial charge in [0.05, 0.1) is 26.3 Å². The molecule has 0 radical (unpaired) electrons. The van der Waals surface area contributed by atoms with E-state index in [1.165, 1.54) is 0 Å². The summed E-state index contributed by atoms with van der Waals surface area (Å²) in [5.41, 5.74) is 2.88. The van der Waals surface area contributed by atoms with Crippen LogP contribution in [0.5, 0.6) is 0 Å². The molecule has 0 bridgehead atoms. The Morgan fingerprint density at radius 1 is 0.886 bits per heavy atom. The lowest BCUT2D eigenvalue weighted by molar-refractivity contribution is -0.119. The molecule has 1 aliphatic rings. The van der Waals surface area contributed by atoms with Crippen LogP contribution < -0.4 is 15.5 Å². The Bertz CT molecular complexity index is 1000. The molecule has 9 heteroatoms. The minimum Gasteiger partial charge on any atom is -0.378 e. The van der Waals surface area contributed by atoms with Gasteiger partial charge in [0, 0.05) is 48.8 Å². The molecule has 2 aromatic rings. The molecule has 1 saturated heterocycles. The van der Waals surface area contributed by atoms with E-state index < -0.39 is 0 Å². The fourth-order valence-electron chi connectivity index (χ4n) is 3.95. The maximum atomic E-state index is 12.5.